The highest BCUT2D eigenvalue weighted by atomic mass is 35.7. The Hall–Kier alpha value is -1.33. The minimum atomic E-state index is -3.81. The average molecular weight is 286 g/mol. The lowest BCUT2D eigenvalue weighted by Crippen LogP contribution is -1.98. The number of nitrogens with zero attached hydrogens (tertiary/aromatic N) is 1. The van der Waals surface area contributed by atoms with Crippen molar-refractivity contribution in [1.82, 2.24) is 4.57 Å². The van der Waals surface area contributed by atoms with Gasteiger partial charge in [-0.05, 0) is 24.1 Å². The van der Waals surface area contributed by atoms with Crippen LogP contribution in [0, 0.1) is 0 Å². The standard InChI is InChI=1S/C12H12ClNO3S/c1-3-8-4-11-10(5-12(8)18(13,16)17)9(7-15)6-14(11)2/h4-7H,3H2,1-2H3. The van der Waals surface area contributed by atoms with Gasteiger partial charge in [0.25, 0.3) is 9.05 Å². The highest BCUT2D eigenvalue weighted by Crippen LogP contribution is 2.29. The Morgan fingerprint density at radius 2 is 2.06 bits per heavy atom. The Kier molecular flexibility index (Phi) is 3.21. The molecular formula is C12H12ClNO3S. The summed E-state index contributed by atoms with van der Waals surface area (Å²) < 4.78 is 24.9. The molecule has 0 radical (unpaired) electrons. The van der Waals surface area contributed by atoms with Gasteiger partial charge in [0.15, 0.2) is 6.29 Å². The summed E-state index contributed by atoms with van der Waals surface area (Å²) in [5.41, 5.74) is 1.92. The van der Waals surface area contributed by atoms with Gasteiger partial charge in [-0.15, -0.1) is 0 Å². The van der Waals surface area contributed by atoms with Gasteiger partial charge in [0.1, 0.15) is 0 Å². The Labute approximate surface area is 110 Å². The first kappa shape index (κ1) is 13.1. The first-order chi connectivity index (χ1) is 8.38. The van der Waals surface area contributed by atoms with E-state index in [1.165, 1.54) is 6.07 Å². The maximum atomic E-state index is 11.5. The summed E-state index contributed by atoms with van der Waals surface area (Å²) >= 11 is 0. The van der Waals surface area contributed by atoms with Crippen LogP contribution in [-0.2, 0) is 22.5 Å². The highest BCUT2D eigenvalue weighted by molar-refractivity contribution is 8.13. The average Bonchev–Trinajstić information content (AvgIpc) is 2.63. The second-order valence-corrected chi connectivity index (χ2v) is 6.62. The van der Waals surface area contributed by atoms with E-state index in [0.29, 0.717) is 29.2 Å². The molecule has 1 aromatic heterocycles. The molecule has 0 aliphatic rings. The predicted molar refractivity (Wildman–Crippen MR) is 70.7 cm³/mol. The van der Waals surface area contributed by atoms with E-state index >= 15 is 0 Å². The molecule has 0 fully saturated rings. The van der Waals surface area contributed by atoms with Gasteiger partial charge in [0, 0.05) is 40.4 Å². The van der Waals surface area contributed by atoms with E-state index in [0.717, 1.165) is 5.52 Å². The predicted octanol–water partition coefficient (Wildman–Crippen LogP) is 2.48. The molecule has 0 saturated carbocycles. The summed E-state index contributed by atoms with van der Waals surface area (Å²) in [6, 6.07) is 3.23. The number of aryl methyl sites for hydroxylation is 2. The highest BCUT2D eigenvalue weighted by Gasteiger charge is 2.18. The minimum Gasteiger partial charge on any atom is -0.350 e. The van der Waals surface area contributed by atoms with Crippen LogP contribution in [0.4, 0.5) is 0 Å². The van der Waals surface area contributed by atoms with Gasteiger partial charge >= 0.3 is 0 Å². The van der Waals surface area contributed by atoms with E-state index in [2.05, 4.69) is 0 Å². The number of carbonyl (C=O) groups is 1. The van der Waals surface area contributed by atoms with Crippen molar-refractivity contribution in [1.29, 1.82) is 0 Å². The number of aromatic nitrogens is 1. The molecule has 2 rings (SSSR count). The monoisotopic (exact) mass is 285 g/mol. The lowest BCUT2D eigenvalue weighted by molar-refractivity contribution is 0.112. The zero-order chi connectivity index (χ0) is 13.5. The van der Waals surface area contributed by atoms with Crippen LogP contribution in [0.25, 0.3) is 10.9 Å². The third kappa shape index (κ3) is 2.04. The van der Waals surface area contributed by atoms with Crippen LogP contribution in [0.1, 0.15) is 22.8 Å². The minimum absolute atomic E-state index is 0.0773. The Balaban J connectivity index is 2.92. The smallest absolute Gasteiger partial charge is 0.261 e. The van der Waals surface area contributed by atoms with Crippen LogP contribution in [0.5, 0.6) is 0 Å². The van der Waals surface area contributed by atoms with E-state index in [1.54, 1.807) is 16.8 Å². The molecule has 6 heteroatoms. The molecule has 1 aromatic carbocycles. The second-order valence-electron chi connectivity index (χ2n) is 4.08. The zero-order valence-electron chi connectivity index (χ0n) is 9.97. The van der Waals surface area contributed by atoms with Gasteiger partial charge in [-0.25, -0.2) is 8.42 Å². The number of aldehydes is 1. The van der Waals surface area contributed by atoms with E-state index in [4.69, 9.17) is 10.7 Å². The van der Waals surface area contributed by atoms with E-state index in [1.807, 2.05) is 14.0 Å². The van der Waals surface area contributed by atoms with Crippen molar-refractivity contribution < 1.29 is 13.2 Å². The van der Waals surface area contributed by atoms with Crippen LogP contribution in [0.3, 0.4) is 0 Å². The third-order valence-electron chi connectivity index (χ3n) is 2.97. The van der Waals surface area contributed by atoms with Crippen LogP contribution in [0.2, 0.25) is 0 Å². The van der Waals surface area contributed by atoms with Crippen molar-refractivity contribution in [2.75, 3.05) is 0 Å². The van der Waals surface area contributed by atoms with Gasteiger partial charge in [-0.2, -0.15) is 0 Å². The molecule has 1 heterocycles. The molecule has 0 saturated heterocycles. The lowest BCUT2D eigenvalue weighted by Gasteiger charge is -2.06. The summed E-state index contributed by atoms with van der Waals surface area (Å²) in [5, 5.41) is 0.601. The molecule has 0 atom stereocenters. The van der Waals surface area contributed by atoms with Crippen molar-refractivity contribution in [3.63, 3.8) is 0 Å². The van der Waals surface area contributed by atoms with Crippen molar-refractivity contribution in [3.05, 3.63) is 29.5 Å². The topological polar surface area (TPSA) is 56.1 Å². The van der Waals surface area contributed by atoms with Crippen molar-refractivity contribution >= 4 is 36.9 Å². The summed E-state index contributed by atoms with van der Waals surface area (Å²) in [7, 11) is 3.43. The summed E-state index contributed by atoms with van der Waals surface area (Å²) in [5.74, 6) is 0. The fourth-order valence-corrected chi connectivity index (χ4v) is 3.29. The fourth-order valence-electron chi connectivity index (χ4n) is 2.08. The largest absolute Gasteiger partial charge is 0.350 e. The Morgan fingerprint density at radius 3 is 2.56 bits per heavy atom. The Bertz CT molecular complexity index is 731. The van der Waals surface area contributed by atoms with Gasteiger partial charge in [-0.3, -0.25) is 4.79 Å². The van der Waals surface area contributed by atoms with Gasteiger partial charge < -0.3 is 4.57 Å². The Morgan fingerprint density at radius 1 is 1.39 bits per heavy atom. The summed E-state index contributed by atoms with van der Waals surface area (Å²) in [4.78, 5) is 11.0. The number of rotatable bonds is 3. The molecule has 0 spiro atoms. The molecule has 0 bridgehead atoms. The van der Waals surface area contributed by atoms with E-state index in [-0.39, 0.29) is 4.90 Å². The van der Waals surface area contributed by atoms with Crippen molar-refractivity contribution in [3.8, 4) is 0 Å². The van der Waals surface area contributed by atoms with Crippen LogP contribution in [-0.4, -0.2) is 19.3 Å². The summed E-state index contributed by atoms with van der Waals surface area (Å²) in [6.45, 7) is 1.86. The maximum Gasteiger partial charge on any atom is 0.261 e. The molecule has 0 aliphatic heterocycles. The first-order valence-corrected chi connectivity index (χ1v) is 7.71. The second kappa shape index (κ2) is 4.40. The van der Waals surface area contributed by atoms with Gasteiger partial charge in [0.2, 0.25) is 0 Å². The molecule has 0 unspecified atom stereocenters. The third-order valence-corrected chi connectivity index (χ3v) is 4.38. The number of fused-ring (bicyclic) bond motifs is 1. The molecule has 0 N–H and O–H groups in total. The molecule has 0 amide bonds. The number of halogens is 1. The normalized spacial score (nSPS) is 11.9. The van der Waals surface area contributed by atoms with Crippen molar-refractivity contribution in [2.24, 2.45) is 7.05 Å². The number of hydrogen-bond acceptors (Lipinski definition) is 3. The summed E-state index contributed by atoms with van der Waals surface area (Å²) in [6.07, 6.45) is 2.93. The molecule has 4 nitrogen and oxygen atoms in total. The van der Waals surface area contributed by atoms with Crippen LogP contribution >= 0.6 is 10.7 Å². The molecule has 96 valence electrons. The fraction of sp³-hybridized carbons (Fsp3) is 0.250. The number of hydrogen-bond donors (Lipinski definition) is 0. The quantitative estimate of drug-likeness (QED) is 0.643. The van der Waals surface area contributed by atoms with Gasteiger partial charge in [-0.1, -0.05) is 6.92 Å². The lowest BCUT2D eigenvalue weighted by atomic mass is 10.1. The molecule has 18 heavy (non-hydrogen) atoms. The number of carbonyl (C=O) groups excluding carboxylic acids is 1. The van der Waals surface area contributed by atoms with Gasteiger partial charge in [0.05, 0.1) is 4.90 Å². The van der Waals surface area contributed by atoms with E-state index in [9.17, 15) is 13.2 Å². The maximum absolute atomic E-state index is 11.5. The molecular weight excluding hydrogens is 274 g/mol. The molecule has 0 aliphatic carbocycles. The van der Waals surface area contributed by atoms with E-state index < -0.39 is 9.05 Å². The zero-order valence-corrected chi connectivity index (χ0v) is 11.5. The first-order valence-electron chi connectivity index (χ1n) is 5.40. The van der Waals surface area contributed by atoms with Crippen LogP contribution in [0.15, 0.2) is 23.2 Å². The number of benzene rings is 1. The SMILES string of the molecule is CCc1cc2c(cc1S(=O)(=O)Cl)c(C=O)cn2C. The van der Waals surface area contributed by atoms with Crippen LogP contribution < -0.4 is 0 Å². The van der Waals surface area contributed by atoms with Crippen molar-refractivity contribution in [2.45, 2.75) is 18.2 Å². The molecule has 2 aromatic rings.